The third kappa shape index (κ3) is 2.40. The van der Waals surface area contributed by atoms with Crippen LogP contribution in [0.2, 0.25) is 0 Å². The topological polar surface area (TPSA) is 12.0 Å². The van der Waals surface area contributed by atoms with Crippen molar-refractivity contribution >= 4 is 0 Å². The highest BCUT2D eigenvalue weighted by Gasteiger charge is 2.26. The predicted octanol–water partition coefficient (Wildman–Crippen LogP) is 3.32. The minimum atomic E-state index is 0.683. The van der Waals surface area contributed by atoms with Crippen molar-refractivity contribution in [1.29, 1.82) is 0 Å². The zero-order valence-corrected chi connectivity index (χ0v) is 10.8. The molecule has 2 aliphatic carbocycles. The second-order valence-corrected chi connectivity index (χ2v) is 5.87. The van der Waals surface area contributed by atoms with Gasteiger partial charge in [0.15, 0.2) is 0 Å². The van der Waals surface area contributed by atoms with Crippen molar-refractivity contribution in [2.24, 2.45) is 5.92 Å². The summed E-state index contributed by atoms with van der Waals surface area (Å²) in [4.78, 5) is 0. The minimum Gasteiger partial charge on any atom is -0.311 e. The van der Waals surface area contributed by atoms with Gasteiger partial charge in [-0.25, -0.2) is 0 Å². The van der Waals surface area contributed by atoms with E-state index < -0.39 is 0 Å². The molecule has 1 N–H and O–H groups in total. The third-order valence-electron chi connectivity index (χ3n) is 4.66. The first-order chi connectivity index (χ1) is 8.33. The van der Waals surface area contributed by atoms with E-state index in [1.54, 1.807) is 11.1 Å². The van der Waals surface area contributed by atoms with E-state index in [0.29, 0.717) is 12.1 Å². The molecule has 0 aliphatic heterocycles. The molecule has 0 saturated heterocycles. The third-order valence-corrected chi connectivity index (χ3v) is 4.66. The summed E-state index contributed by atoms with van der Waals surface area (Å²) in [6.07, 6.45) is 8.23. The first-order valence-electron chi connectivity index (χ1n) is 7.16. The molecule has 1 heteroatoms. The lowest BCUT2D eigenvalue weighted by molar-refractivity contribution is 0.344. The van der Waals surface area contributed by atoms with Gasteiger partial charge in [-0.2, -0.15) is 0 Å². The molecule has 3 rings (SSSR count). The monoisotopic (exact) mass is 229 g/mol. The first kappa shape index (κ1) is 11.3. The number of fused-ring (bicyclic) bond motifs is 1. The van der Waals surface area contributed by atoms with Crippen LogP contribution in [-0.2, 0) is 12.8 Å². The molecule has 1 aromatic carbocycles. The standard InChI is InChI=1S/C16H23N/c1-12(13-6-2-3-7-13)17-16-10-14-8-4-5-9-15(14)11-16/h4-5,8-9,12-13,16-17H,2-3,6-7,10-11H2,1H3/t12-/m1/s1. The van der Waals surface area contributed by atoms with Crippen LogP contribution in [0.1, 0.15) is 43.7 Å². The maximum atomic E-state index is 3.87. The van der Waals surface area contributed by atoms with Crippen LogP contribution < -0.4 is 5.32 Å². The Bertz CT molecular complexity index is 354. The average Bonchev–Trinajstić information content (AvgIpc) is 2.97. The van der Waals surface area contributed by atoms with Gasteiger partial charge in [-0.1, -0.05) is 37.1 Å². The first-order valence-corrected chi connectivity index (χ1v) is 7.16. The van der Waals surface area contributed by atoms with Gasteiger partial charge in [-0.05, 0) is 49.7 Å². The van der Waals surface area contributed by atoms with E-state index >= 15 is 0 Å². The molecule has 0 unspecified atom stereocenters. The maximum absolute atomic E-state index is 3.87. The molecule has 17 heavy (non-hydrogen) atoms. The fraction of sp³-hybridized carbons (Fsp3) is 0.625. The normalized spacial score (nSPS) is 22.9. The van der Waals surface area contributed by atoms with Crippen LogP contribution in [0.25, 0.3) is 0 Å². The smallest absolute Gasteiger partial charge is 0.0151 e. The number of nitrogens with one attached hydrogen (secondary N) is 1. The molecule has 0 amide bonds. The fourth-order valence-corrected chi connectivity index (χ4v) is 3.64. The van der Waals surface area contributed by atoms with Gasteiger partial charge in [0, 0.05) is 12.1 Å². The Balaban J connectivity index is 1.58. The molecular formula is C16H23N. The van der Waals surface area contributed by atoms with Gasteiger partial charge in [0.25, 0.3) is 0 Å². The van der Waals surface area contributed by atoms with Crippen LogP contribution in [0.3, 0.4) is 0 Å². The average molecular weight is 229 g/mol. The molecule has 0 bridgehead atoms. The SMILES string of the molecule is C[C@@H](NC1Cc2ccccc2C1)C1CCCC1. The second-order valence-electron chi connectivity index (χ2n) is 5.87. The van der Waals surface area contributed by atoms with Gasteiger partial charge in [-0.15, -0.1) is 0 Å². The Labute approximate surface area is 105 Å². The highest BCUT2D eigenvalue weighted by atomic mass is 15.0. The van der Waals surface area contributed by atoms with Crippen LogP contribution in [0.4, 0.5) is 0 Å². The summed E-state index contributed by atoms with van der Waals surface area (Å²) >= 11 is 0. The second kappa shape index (κ2) is 4.81. The Morgan fingerprint density at radius 3 is 2.24 bits per heavy atom. The van der Waals surface area contributed by atoms with E-state index in [-0.39, 0.29) is 0 Å². The molecule has 1 nitrogen and oxygen atoms in total. The van der Waals surface area contributed by atoms with Gasteiger partial charge in [0.05, 0.1) is 0 Å². The Morgan fingerprint density at radius 2 is 1.65 bits per heavy atom. The molecule has 1 aromatic rings. The summed E-state index contributed by atoms with van der Waals surface area (Å²) in [7, 11) is 0. The van der Waals surface area contributed by atoms with E-state index in [9.17, 15) is 0 Å². The van der Waals surface area contributed by atoms with Gasteiger partial charge in [0.1, 0.15) is 0 Å². The van der Waals surface area contributed by atoms with Crippen molar-refractivity contribution in [1.82, 2.24) is 5.32 Å². The number of hydrogen-bond donors (Lipinski definition) is 1. The highest BCUT2D eigenvalue weighted by Crippen LogP contribution is 2.29. The molecule has 1 atom stereocenters. The maximum Gasteiger partial charge on any atom is 0.0151 e. The van der Waals surface area contributed by atoms with Gasteiger partial charge >= 0.3 is 0 Å². The molecule has 0 radical (unpaired) electrons. The molecule has 1 fully saturated rings. The summed E-state index contributed by atoms with van der Waals surface area (Å²) in [6.45, 7) is 2.39. The summed E-state index contributed by atoms with van der Waals surface area (Å²) in [5.74, 6) is 0.929. The number of rotatable bonds is 3. The molecule has 0 heterocycles. The Kier molecular flexibility index (Phi) is 3.19. The van der Waals surface area contributed by atoms with Crippen molar-refractivity contribution < 1.29 is 0 Å². The van der Waals surface area contributed by atoms with E-state index in [1.807, 2.05) is 0 Å². The van der Waals surface area contributed by atoms with E-state index in [1.165, 1.54) is 38.5 Å². The predicted molar refractivity (Wildman–Crippen MR) is 72.2 cm³/mol. The van der Waals surface area contributed by atoms with Crippen LogP contribution in [0.5, 0.6) is 0 Å². The quantitative estimate of drug-likeness (QED) is 0.838. The van der Waals surface area contributed by atoms with Gasteiger partial charge in [0.2, 0.25) is 0 Å². The van der Waals surface area contributed by atoms with E-state index in [0.717, 1.165) is 5.92 Å². The lowest BCUT2D eigenvalue weighted by atomic mass is 9.98. The fourth-order valence-electron chi connectivity index (χ4n) is 3.64. The Hall–Kier alpha value is -0.820. The zero-order chi connectivity index (χ0) is 11.7. The van der Waals surface area contributed by atoms with E-state index in [4.69, 9.17) is 0 Å². The molecule has 2 aliphatic rings. The lowest BCUT2D eigenvalue weighted by Gasteiger charge is -2.24. The van der Waals surface area contributed by atoms with Crippen LogP contribution >= 0.6 is 0 Å². The highest BCUT2D eigenvalue weighted by molar-refractivity contribution is 5.33. The van der Waals surface area contributed by atoms with Gasteiger partial charge < -0.3 is 5.32 Å². The molecule has 1 saturated carbocycles. The Morgan fingerprint density at radius 1 is 1.06 bits per heavy atom. The number of benzene rings is 1. The van der Waals surface area contributed by atoms with Crippen molar-refractivity contribution in [3.63, 3.8) is 0 Å². The van der Waals surface area contributed by atoms with Crippen LogP contribution in [-0.4, -0.2) is 12.1 Å². The minimum absolute atomic E-state index is 0.683. The summed E-state index contributed by atoms with van der Waals surface area (Å²) in [6, 6.07) is 10.3. The van der Waals surface area contributed by atoms with Gasteiger partial charge in [-0.3, -0.25) is 0 Å². The van der Waals surface area contributed by atoms with Crippen molar-refractivity contribution in [2.45, 2.75) is 57.5 Å². The largest absolute Gasteiger partial charge is 0.311 e. The molecule has 92 valence electrons. The summed E-state index contributed by atoms with van der Waals surface area (Å²) < 4.78 is 0. The zero-order valence-electron chi connectivity index (χ0n) is 10.8. The van der Waals surface area contributed by atoms with Crippen molar-refractivity contribution in [2.75, 3.05) is 0 Å². The molecule has 0 spiro atoms. The van der Waals surface area contributed by atoms with Crippen molar-refractivity contribution in [3.05, 3.63) is 35.4 Å². The van der Waals surface area contributed by atoms with E-state index in [2.05, 4.69) is 36.5 Å². The molecular weight excluding hydrogens is 206 g/mol. The molecule has 0 aromatic heterocycles. The summed E-state index contributed by atoms with van der Waals surface area (Å²) in [5, 5.41) is 3.87. The van der Waals surface area contributed by atoms with Crippen LogP contribution in [0, 0.1) is 5.92 Å². The summed E-state index contributed by atoms with van der Waals surface area (Å²) in [5.41, 5.74) is 3.12. The van der Waals surface area contributed by atoms with Crippen molar-refractivity contribution in [3.8, 4) is 0 Å². The van der Waals surface area contributed by atoms with Crippen LogP contribution in [0.15, 0.2) is 24.3 Å². The number of hydrogen-bond acceptors (Lipinski definition) is 1. The lowest BCUT2D eigenvalue weighted by Crippen LogP contribution is -2.40.